The Labute approximate surface area is 180 Å². The fourth-order valence-corrected chi connectivity index (χ4v) is 3.29. The minimum absolute atomic E-state index is 0.301. The zero-order chi connectivity index (χ0) is 21.5. The van der Waals surface area contributed by atoms with Gasteiger partial charge in [0.05, 0.1) is 0 Å². The molecule has 1 saturated heterocycles. The van der Waals surface area contributed by atoms with Crippen molar-refractivity contribution in [2.45, 2.75) is 6.54 Å². The standard InChI is InChI=1S/C22H24FN7O/c1-24-21(29-11-13-30(14-12-29)22-25-9-2-10-26-22)28-16-17-3-8-20(27-15-17)31-19-6-4-18(23)5-7-19/h2-10,15H,11-14,16H2,1H3,(H,24,28). The lowest BCUT2D eigenvalue weighted by atomic mass is 10.3. The van der Waals surface area contributed by atoms with Crippen LogP contribution >= 0.6 is 0 Å². The highest BCUT2D eigenvalue weighted by Crippen LogP contribution is 2.19. The lowest BCUT2D eigenvalue weighted by Crippen LogP contribution is -2.52. The first-order valence-electron chi connectivity index (χ1n) is 10.1. The molecule has 0 radical (unpaired) electrons. The fraction of sp³-hybridized carbons (Fsp3) is 0.273. The molecule has 9 heteroatoms. The Morgan fingerprint density at radius 1 is 1.03 bits per heavy atom. The molecule has 0 aliphatic carbocycles. The normalized spacial score (nSPS) is 14.5. The number of hydrogen-bond donors (Lipinski definition) is 1. The second-order valence-corrected chi connectivity index (χ2v) is 6.98. The summed E-state index contributed by atoms with van der Waals surface area (Å²) in [5.41, 5.74) is 1.00. The van der Waals surface area contributed by atoms with Crippen molar-refractivity contribution in [3.63, 3.8) is 0 Å². The molecular formula is C22H24FN7O. The van der Waals surface area contributed by atoms with Gasteiger partial charge in [0.15, 0.2) is 5.96 Å². The van der Waals surface area contributed by atoms with E-state index in [1.54, 1.807) is 43.8 Å². The molecule has 4 rings (SSSR count). The Balaban J connectivity index is 1.27. The average molecular weight is 421 g/mol. The molecule has 1 aliphatic heterocycles. The molecule has 0 unspecified atom stereocenters. The number of benzene rings is 1. The third-order valence-corrected chi connectivity index (χ3v) is 4.91. The van der Waals surface area contributed by atoms with Crippen LogP contribution in [0.2, 0.25) is 0 Å². The van der Waals surface area contributed by atoms with Gasteiger partial charge < -0.3 is 19.9 Å². The van der Waals surface area contributed by atoms with Crippen molar-refractivity contribution in [2.24, 2.45) is 4.99 Å². The molecule has 3 aromatic rings. The van der Waals surface area contributed by atoms with Gasteiger partial charge in [-0.15, -0.1) is 0 Å². The highest BCUT2D eigenvalue weighted by Gasteiger charge is 2.21. The van der Waals surface area contributed by atoms with Crippen LogP contribution in [-0.2, 0) is 6.54 Å². The number of rotatable bonds is 5. The third kappa shape index (κ3) is 5.44. The summed E-state index contributed by atoms with van der Waals surface area (Å²) in [7, 11) is 1.78. The maximum absolute atomic E-state index is 13.0. The van der Waals surface area contributed by atoms with Gasteiger partial charge in [0, 0.05) is 64.4 Å². The minimum Gasteiger partial charge on any atom is -0.439 e. The molecule has 160 valence electrons. The Kier molecular flexibility index (Phi) is 6.51. The summed E-state index contributed by atoms with van der Waals surface area (Å²) in [5.74, 6) is 2.31. The highest BCUT2D eigenvalue weighted by molar-refractivity contribution is 5.80. The number of guanidine groups is 1. The van der Waals surface area contributed by atoms with Crippen LogP contribution in [0.15, 0.2) is 66.0 Å². The van der Waals surface area contributed by atoms with Gasteiger partial charge in [-0.25, -0.2) is 19.3 Å². The van der Waals surface area contributed by atoms with E-state index in [2.05, 4.69) is 35.1 Å². The van der Waals surface area contributed by atoms with E-state index in [9.17, 15) is 4.39 Å². The maximum Gasteiger partial charge on any atom is 0.225 e. The van der Waals surface area contributed by atoms with Crippen molar-refractivity contribution >= 4 is 11.9 Å². The molecule has 0 atom stereocenters. The number of aromatic nitrogens is 3. The lowest BCUT2D eigenvalue weighted by molar-refractivity contribution is 0.370. The molecule has 1 fully saturated rings. The van der Waals surface area contributed by atoms with Gasteiger partial charge >= 0.3 is 0 Å². The van der Waals surface area contributed by atoms with Crippen LogP contribution in [0.1, 0.15) is 5.56 Å². The number of pyridine rings is 1. The Morgan fingerprint density at radius 2 is 1.77 bits per heavy atom. The van der Waals surface area contributed by atoms with E-state index < -0.39 is 0 Å². The van der Waals surface area contributed by atoms with Gasteiger partial charge in [-0.05, 0) is 35.9 Å². The van der Waals surface area contributed by atoms with Gasteiger partial charge in [-0.2, -0.15) is 0 Å². The van der Waals surface area contributed by atoms with Crippen molar-refractivity contribution in [1.82, 2.24) is 25.2 Å². The SMILES string of the molecule is CN=C(NCc1ccc(Oc2ccc(F)cc2)nc1)N1CCN(c2ncccn2)CC1. The minimum atomic E-state index is -0.301. The first-order valence-corrected chi connectivity index (χ1v) is 10.1. The van der Waals surface area contributed by atoms with Crippen LogP contribution in [0.5, 0.6) is 11.6 Å². The number of piperazine rings is 1. The number of halogens is 1. The summed E-state index contributed by atoms with van der Waals surface area (Å²) in [5, 5.41) is 3.39. The molecule has 1 N–H and O–H groups in total. The number of aliphatic imine (C=N–C) groups is 1. The van der Waals surface area contributed by atoms with E-state index >= 15 is 0 Å². The molecule has 0 spiro atoms. The van der Waals surface area contributed by atoms with Crippen LogP contribution in [0, 0.1) is 5.82 Å². The highest BCUT2D eigenvalue weighted by atomic mass is 19.1. The number of nitrogens with one attached hydrogen (secondary N) is 1. The third-order valence-electron chi connectivity index (χ3n) is 4.91. The van der Waals surface area contributed by atoms with Crippen molar-refractivity contribution in [3.8, 4) is 11.6 Å². The van der Waals surface area contributed by atoms with E-state index in [1.165, 1.54) is 12.1 Å². The van der Waals surface area contributed by atoms with Gasteiger partial charge in [0.1, 0.15) is 11.6 Å². The molecule has 0 saturated carbocycles. The van der Waals surface area contributed by atoms with Gasteiger partial charge in [0.2, 0.25) is 11.8 Å². The van der Waals surface area contributed by atoms with Gasteiger partial charge in [-0.1, -0.05) is 6.07 Å². The summed E-state index contributed by atoms with van der Waals surface area (Å²) in [6.07, 6.45) is 5.28. The molecule has 31 heavy (non-hydrogen) atoms. The molecule has 0 amide bonds. The molecule has 1 aliphatic rings. The van der Waals surface area contributed by atoms with E-state index in [1.807, 2.05) is 12.1 Å². The van der Waals surface area contributed by atoms with Crippen LogP contribution in [0.3, 0.4) is 0 Å². The summed E-state index contributed by atoms with van der Waals surface area (Å²) >= 11 is 0. The van der Waals surface area contributed by atoms with Crippen molar-refractivity contribution in [1.29, 1.82) is 0 Å². The van der Waals surface area contributed by atoms with E-state index in [0.717, 1.165) is 43.7 Å². The summed E-state index contributed by atoms with van der Waals surface area (Å²) in [6, 6.07) is 11.4. The molecule has 1 aromatic carbocycles. The summed E-state index contributed by atoms with van der Waals surface area (Å²) in [6.45, 7) is 3.93. The summed E-state index contributed by atoms with van der Waals surface area (Å²) < 4.78 is 18.6. The lowest BCUT2D eigenvalue weighted by Gasteiger charge is -2.36. The molecular weight excluding hydrogens is 397 g/mol. The Hall–Kier alpha value is -3.75. The number of anilines is 1. The average Bonchev–Trinajstić information content (AvgIpc) is 2.83. The molecule has 3 heterocycles. The Bertz CT molecular complexity index is 989. The second-order valence-electron chi connectivity index (χ2n) is 6.98. The predicted octanol–water partition coefficient (Wildman–Crippen LogP) is 2.70. The zero-order valence-electron chi connectivity index (χ0n) is 17.3. The van der Waals surface area contributed by atoms with Crippen molar-refractivity contribution in [2.75, 3.05) is 38.1 Å². The molecule has 0 bridgehead atoms. The number of hydrogen-bond acceptors (Lipinski definition) is 6. The largest absolute Gasteiger partial charge is 0.439 e. The Morgan fingerprint density at radius 3 is 2.42 bits per heavy atom. The van der Waals surface area contributed by atoms with Crippen LogP contribution in [0.4, 0.5) is 10.3 Å². The van der Waals surface area contributed by atoms with Crippen LogP contribution in [0.25, 0.3) is 0 Å². The second kappa shape index (κ2) is 9.84. The van der Waals surface area contributed by atoms with E-state index in [0.29, 0.717) is 18.2 Å². The molecule has 2 aromatic heterocycles. The fourth-order valence-electron chi connectivity index (χ4n) is 3.29. The van der Waals surface area contributed by atoms with Crippen LogP contribution in [-0.4, -0.2) is 59.0 Å². The first kappa shape index (κ1) is 20.5. The quantitative estimate of drug-likeness (QED) is 0.501. The summed E-state index contributed by atoms with van der Waals surface area (Å²) in [4.78, 5) is 21.8. The van der Waals surface area contributed by atoms with Crippen molar-refractivity contribution < 1.29 is 9.13 Å². The maximum atomic E-state index is 13.0. The van der Waals surface area contributed by atoms with Crippen LogP contribution < -0.4 is 15.0 Å². The van der Waals surface area contributed by atoms with E-state index in [4.69, 9.17) is 4.74 Å². The number of nitrogens with zero attached hydrogens (tertiary/aromatic N) is 6. The number of ether oxygens (including phenoxy) is 1. The van der Waals surface area contributed by atoms with Gasteiger partial charge in [-0.3, -0.25) is 4.99 Å². The first-order chi connectivity index (χ1) is 15.2. The zero-order valence-corrected chi connectivity index (χ0v) is 17.3. The smallest absolute Gasteiger partial charge is 0.225 e. The predicted molar refractivity (Wildman–Crippen MR) is 117 cm³/mol. The topological polar surface area (TPSA) is 78.8 Å². The van der Waals surface area contributed by atoms with Crippen molar-refractivity contribution in [3.05, 3.63) is 72.4 Å². The van der Waals surface area contributed by atoms with E-state index in [-0.39, 0.29) is 5.82 Å². The van der Waals surface area contributed by atoms with Gasteiger partial charge in [0.25, 0.3) is 0 Å². The molecule has 8 nitrogen and oxygen atoms in total. The monoisotopic (exact) mass is 421 g/mol.